The van der Waals surface area contributed by atoms with Crippen LogP contribution in [0.4, 0.5) is 11.4 Å². The Kier molecular flexibility index (Phi) is 12.0. The van der Waals surface area contributed by atoms with Crippen molar-refractivity contribution < 1.29 is 30.5 Å². The van der Waals surface area contributed by atoms with Crippen LogP contribution in [0.1, 0.15) is 109 Å². The summed E-state index contributed by atoms with van der Waals surface area (Å²) in [5, 5.41) is 5.94. The van der Waals surface area contributed by atoms with Gasteiger partial charge in [0.25, 0.3) is 20.2 Å². The molecule has 2 heterocycles. The lowest BCUT2D eigenvalue weighted by Gasteiger charge is -2.36. The van der Waals surface area contributed by atoms with Crippen LogP contribution in [0.2, 0.25) is 0 Å². The molecule has 0 aromatic heterocycles. The summed E-state index contributed by atoms with van der Waals surface area (Å²) in [4.78, 5) is 2.50. The predicted octanol–water partition coefficient (Wildman–Crippen LogP) is 10.7. The molecule has 0 bridgehead atoms. The van der Waals surface area contributed by atoms with E-state index in [1.165, 1.54) is 55.3 Å². The molecule has 306 valence electrons. The highest BCUT2D eigenvalue weighted by Crippen LogP contribution is 2.51. The third kappa shape index (κ3) is 8.72. The van der Waals surface area contributed by atoms with Gasteiger partial charge in [0.05, 0.1) is 16.9 Å². The molecule has 0 amide bonds. The molecule has 3 aliphatic rings. The average Bonchev–Trinajstić information content (AvgIpc) is 3.51. The molecule has 0 spiro atoms. The first kappa shape index (κ1) is 41.9. The molecule has 2 aliphatic heterocycles. The van der Waals surface area contributed by atoms with Crippen molar-refractivity contribution in [2.75, 3.05) is 29.5 Å². The second kappa shape index (κ2) is 16.4. The molecule has 0 fully saturated rings. The number of nitrogens with zero attached hydrogens (tertiary/aromatic N) is 2. The topological polar surface area (TPSA) is 115 Å². The Hall–Kier alpha value is -3.28. The normalized spacial score (nSPS) is 20.5. The number of allylic oxidation sites excluding steroid dienone is 2. The standard InChI is InChI=1S/C46H57ClN2O6S2/c1-45(2)40(48(28-9-11-30-56(50,51)52)38-24-20-32-14-5-7-18-36(32)42(38)45)26-22-34-16-13-17-35(44(34)47)23-27-41-46(3,4)43-37-19-8-6-15-33(37)21-25-39(43)49(41)29-10-12-31-57(53,54)55/h5-8,14-15,18-21,24-25,34,40H,9-13,16-17,22-23,26-31H2,1-4H3,(H-,50,51,52,53,54,55)/p+1. The number of benzene rings is 4. The zero-order chi connectivity index (χ0) is 40.8. The van der Waals surface area contributed by atoms with Crippen molar-refractivity contribution in [1.82, 2.24) is 0 Å². The largest absolute Gasteiger partial charge is 0.367 e. The fraction of sp³-hybridized carbons (Fsp3) is 0.500. The van der Waals surface area contributed by atoms with E-state index in [4.69, 9.17) is 11.6 Å². The summed E-state index contributed by atoms with van der Waals surface area (Å²) >= 11 is 7.44. The van der Waals surface area contributed by atoms with Gasteiger partial charge in [-0.25, -0.2) is 0 Å². The van der Waals surface area contributed by atoms with Crippen LogP contribution in [-0.4, -0.2) is 66.9 Å². The van der Waals surface area contributed by atoms with Crippen molar-refractivity contribution in [3.8, 4) is 0 Å². The minimum atomic E-state index is -4.01. The molecular weight excluding hydrogens is 776 g/mol. The van der Waals surface area contributed by atoms with Crippen molar-refractivity contribution in [3.05, 3.63) is 94.5 Å². The van der Waals surface area contributed by atoms with Crippen LogP contribution in [0.25, 0.3) is 21.5 Å². The van der Waals surface area contributed by atoms with Gasteiger partial charge in [0, 0.05) is 53.2 Å². The lowest BCUT2D eigenvalue weighted by atomic mass is 9.75. The maximum Gasteiger partial charge on any atom is 0.264 e. The summed E-state index contributed by atoms with van der Waals surface area (Å²) in [6.07, 6.45) is 8.88. The van der Waals surface area contributed by atoms with Crippen molar-refractivity contribution in [2.45, 2.75) is 115 Å². The van der Waals surface area contributed by atoms with E-state index in [1.807, 2.05) is 0 Å². The molecule has 4 aromatic rings. The summed E-state index contributed by atoms with van der Waals surface area (Å²) in [7, 11) is -8.02. The third-order valence-corrected chi connectivity index (χ3v) is 15.4. The summed E-state index contributed by atoms with van der Waals surface area (Å²) in [5.74, 6) is -0.192. The van der Waals surface area contributed by atoms with Gasteiger partial charge < -0.3 is 4.90 Å². The summed E-state index contributed by atoms with van der Waals surface area (Å²) in [6, 6.07) is 26.1. The molecule has 0 radical (unpaired) electrons. The summed E-state index contributed by atoms with van der Waals surface area (Å²) in [6.45, 7) is 10.7. The van der Waals surface area contributed by atoms with Gasteiger partial charge in [-0.05, 0) is 117 Å². The second-order valence-corrected chi connectivity index (χ2v) is 21.2. The quantitative estimate of drug-likeness (QED) is 0.0656. The van der Waals surface area contributed by atoms with E-state index in [0.717, 1.165) is 50.0 Å². The summed E-state index contributed by atoms with van der Waals surface area (Å²) in [5.41, 5.74) is 7.32. The van der Waals surface area contributed by atoms with E-state index in [2.05, 4.69) is 110 Å². The second-order valence-electron chi connectivity index (χ2n) is 17.6. The maximum absolute atomic E-state index is 11.5. The maximum atomic E-state index is 11.5. The van der Waals surface area contributed by atoms with Gasteiger partial charge in [-0.2, -0.15) is 21.4 Å². The van der Waals surface area contributed by atoms with Crippen LogP contribution in [0.3, 0.4) is 0 Å². The Bertz CT molecular complexity index is 2460. The van der Waals surface area contributed by atoms with E-state index in [0.29, 0.717) is 38.8 Å². The van der Waals surface area contributed by atoms with E-state index in [-0.39, 0.29) is 34.3 Å². The minimum Gasteiger partial charge on any atom is -0.367 e. The average molecular weight is 835 g/mol. The molecule has 0 saturated carbocycles. The predicted molar refractivity (Wildman–Crippen MR) is 235 cm³/mol. The van der Waals surface area contributed by atoms with Crippen molar-refractivity contribution >= 4 is 70.5 Å². The number of hydrogen-bond acceptors (Lipinski definition) is 5. The van der Waals surface area contributed by atoms with E-state index in [9.17, 15) is 25.9 Å². The van der Waals surface area contributed by atoms with Crippen LogP contribution in [-0.2, 0) is 31.1 Å². The van der Waals surface area contributed by atoms with Crippen molar-refractivity contribution in [3.63, 3.8) is 0 Å². The number of rotatable bonds is 16. The highest BCUT2D eigenvalue weighted by atomic mass is 35.5. The SMILES string of the molecule is CC1(C)C(CCC2=C(Cl)C(CCC3N(CCCCS(=O)(=O)O)c4ccc5ccccc5c4C3(C)C)CCC2)=[N+](CCCCS(=O)(=O)O)c2ccc3ccccc3c21. The molecule has 1 aliphatic carbocycles. The molecule has 2 N–H and O–H groups in total. The first-order valence-corrected chi connectivity index (χ1v) is 24.3. The molecule has 4 aromatic carbocycles. The third-order valence-electron chi connectivity index (χ3n) is 13.2. The van der Waals surface area contributed by atoms with Gasteiger partial charge >= 0.3 is 0 Å². The Balaban J connectivity index is 1.12. The Labute approximate surface area is 344 Å². The van der Waals surface area contributed by atoms with E-state index < -0.39 is 20.2 Å². The number of anilines is 1. The monoisotopic (exact) mass is 833 g/mol. The Morgan fingerprint density at radius 1 is 0.754 bits per heavy atom. The highest BCUT2D eigenvalue weighted by Gasteiger charge is 2.47. The first-order valence-electron chi connectivity index (χ1n) is 20.7. The Morgan fingerprint density at radius 2 is 1.37 bits per heavy atom. The molecule has 2 unspecified atom stereocenters. The first-order chi connectivity index (χ1) is 27.0. The van der Waals surface area contributed by atoms with E-state index >= 15 is 0 Å². The van der Waals surface area contributed by atoms with Gasteiger partial charge in [0.1, 0.15) is 6.54 Å². The molecule has 11 heteroatoms. The van der Waals surface area contributed by atoms with Gasteiger partial charge in [0.2, 0.25) is 5.69 Å². The van der Waals surface area contributed by atoms with Gasteiger partial charge in [-0.15, -0.1) is 0 Å². The molecule has 7 rings (SSSR count). The number of fused-ring (bicyclic) bond motifs is 6. The number of hydrogen-bond donors (Lipinski definition) is 2. The minimum absolute atomic E-state index is 0.151. The lowest BCUT2D eigenvalue weighted by molar-refractivity contribution is -0.440. The van der Waals surface area contributed by atoms with Gasteiger partial charge in [0.15, 0.2) is 5.71 Å². The number of unbranched alkanes of at least 4 members (excludes halogenated alkanes) is 2. The van der Waals surface area contributed by atoms with Crippen LogP contribution >= 0.6 is 11.6 Å². The van der Waals surface area contributed by atoms with Crippen LogP contribution < -0.4 is 4.90 Å². The van der Waals surface area contributed by atoms with Crippen molar-refractivity contribution in [2.24, 2.45) is 5.92 Å². The van der Waals surface area contributed by atoms with Crippen LogP contribution in [0.5, 0.6) is 0 Å². The highest BCUT2D eigenvalue weighted by molar-refractivity contribution is 7.86. The molecule has 0 saturated heterocycles. The fourth-order valence-corrected chi connectivity index (χ4v) is 12.1. The Morgan fingerprint density at radius 3 is 2.04 bits per heavy atom. The molecule has 8 nitrogen and oxygen atoms in total. The van der Waals surface area contributed by atoms with Crippen LogP contribution in [0, 0.1) is 5.92 Å². The van der Waals surface area contributed by atoms with Gasteiger partial charge in [-0.1, -0.05) is 85.6 Å². The van der Waals surface area contributed by atoms with Crippen LogP contribution in [0.15, 0.2) is 83.4 Å². The van der Waals surface area contributed by atoms with E-state index in [1.54, 1.807) is 0 Å². The smallest absolute Gasteiger partial charge is 0.264 e. The molecule has 57 heavy (non-hydrogen) atoms. The molecular formula is C46H58ClN2O6S2+. The fourth-order valence-electron chi connectivity index (χ4n) is 10.5. The van der Waals surface area contributed by atoms with Crippen molar-refractivity contribution in [1.29, 1.82) is 0 Å². The lowest BCUT2D eigenvalue weighted by Crippen LogP contribution is -2.42. The number of halogens is 1. The summed E-state index contributed by atoms with van der Waals surface area (Å²) < 4.78 is 67.3. The zero-order valence-corrected chi connectivity index (χ0v) is 36.2. The zero-order valence-electron chi connectivity index (χ0n) is 33.8. The van der Waals surface area contributed by atoms with Gasteiger partial charge in [-0.3, -0.25) is 9.11 Å². The molecule has 2 atom stereocenters.